The van der Waals surface area contributed by atoms with Crippen LogP contribution in [-0.2, 0) is 9.47 Å². The molecule has 3 heteroatoms. The van der Waals surface area contributed by atoms with E-state index in [1.165, 1.54) is 38.6 Å². The van der Waals surface area contributed by atoms with Crippen molar-refractivity contribution in [2.24, 2.45) is 5.92 Å². The fourth-order valence-corrected chi connectivity index (χ4v) is 3.61. The lowest BCUT2D eigenvalue weighted by Crippen LogP contribution is -2.48. The standard InChI is InChI=1S/C14H25NO2/c1-2-4-12(3-1)10-15-13-5-7-17-14(9-13)6-8-16-11-14/h12-13,15H,1-11H2. The van der Waals surface area contributed by atoms with Gasteiger partial charge in [0, 0.05) is 25.7 Å². The molecule has 0 aromatic carbocycles. The maximum Gasteiger partial charge on any atom is 0.0951 e. The molecule has 0 radical (unpaired) electrons. The zero-order chi connectivity index (χ0) is 11.6. The van der Waals surface area contributed by atoms with Crippen molar-refractivity contribution in [2.45, 2.75) is 56.6 Å². The van der Waals surface area contributed by atoms with Gasteiger partial charge in [0.25, 0.3) is 0 Å². The number of nitrogens with one attached hydrogen (secondary N) is 1. The molecule has 1 spiro atoms. The first kappa shape index (κ1) is 11.9. The predicted molar refractivity (Wildman–Crippen MR) is 67.1 cm³/mol. The van der Waals surface area contributed by atoms with Gasteiger partial charge in [0.1, 0.15) is 0 Å². The van der Waals surface area contributed by atoms with Crippen molar-refractivity contribution in [3.8, 4) is 0 Å². The van der Waals surface area contributed by atoms with Crippen LogP contribution in [0.3, 0.4) is 0 Å². The summed E-state index contributed by atoms with van der Waals surface area (Å²) in [4.78, 5) is 0. The summed E-state index contributed by atoms with van der Waals surface area (Å²) in [5.74, 6) is 0.939. The van der Waals surface area contributed by atoms with Crippen molar-refractivity contribution in [3.63, 3.8) is 0 Å². The number of hydrogen-bond acceptors (Lipinski definition) is 3. The van der Waals surface area contributed by atoms with Crippen LogP contribution in [0.25, 0.3) is 0 Å². The highest BCUT2D eigenvalue weighted by Gasteiger charge is 2.40. The molecule has 98 valence electrons. The van der Waals surface area contributed by atoms with Crippen LogP contribution < -0.4 is 5.32 Å². The quantitative estimate of drug-likeness (QED) is 0.818. The molecule has 3 nitrogen and oxygen atoms in total. The largest absolute Gasteiger partial charge is 0.378 e. The number of hydrogen-bond donors (Lipinski definition) is 1. The zero-order valence-corrected chi connectivity index (χ0v) is 10.7. The van der Waals surface area contributed by atoms with E-state index in [4.69, 9.17) is 9.47 Å². The van der Waals surface area contributed by atoms with Gasteiger partial charge < -0.3 is 14.8 Å². The second-order valence-electron chi connectivity index (χ2n) is 6.08. The highest BCUT2D eigenvalue weighted by molar-refractivity contribution is 4.93. The number of rotatable bonds is 3. The minimum Gasteiger partial charge on any atom is -0.378 e. The first-order chi connectivity index (χ1) is 8.36. The van der Waals surface area contributed by atoms with Crippen molar-refractivity contribution in [1.29, 1.82) is 0 Å². The van der Waals surface area contributed by atoms with E-state index in [-0.39, 0.29) is 5.60 Å². The Morgan fingerprint density at radius 3 is 2.76 bits per heavy atom. The van der Waals surface area contributed by atoms with Gasteiger partial charge in [-0.3, -0.25) is 0 Å². The van der Waals surface area contributed by atoms with Gasteiger partial charge in [-0.2, -0.15) is 0 Å². The Morgan fingerprint density at radius 1 is 1.12 bits per heavy atom. The van der Waals surface area contributed by atoms with Crippen LogP contribution in [0.15, 0.2) is 0 Å². The molecule has 2 heterocycles. The zero-order valence-electron chi connectivity index (χ0n) is 10.7. The Kier molecular flexibility index (Phi) is 3.69. The van der Waals surface area contributed by atoms with E-state index >= 15 is 0 Å². The average molecular weight is 239 g/mol. The van der Waals surface area contributed by atoms with Crippen molar-refractivity contribution in [3.05, 3.63) is 0 Å². The first-order valence-corrected chi connectivity index (χ1v) is 7.31. The minimum absolute atomic E-state index is 0.0611. The van der Waals surface area contributed by atoms with Gasteiger partial charge in [0.15, 0.2) is 0 Å². The lowest BCUT2D eigenvalue weighted by atomic mass is 9.89. The monoisotopic (exact) mass is 239 g/mol. The van der Waals surface area contributed by atoms with Crippen LogP contribution in [0, 0.1) is 5.92 Å². The molecule has 2 aliphatic heterocycles. The van der Waals surface area contributed by atoms with Crippen LogP contribution >= 0.6 is 0 Å². The number of ether oxygens (including phenoxy) is 2. The summed E-state index contributed by atoms with van der Waals surface area (Å²) < 4.78 is 11.5. The first-order valence-electron chi connectivity index (χ1n) is 7.31. The van der Waals surface area contributed by atoms with E-state index in [0.717, 1.165) is 38.6 Å². The van der Waals surface area contributed by atoms with Crippen molar-refractivity contribution >= 4 is 0 Å². The molecule has 3 fully saturated rings. The second kappa shape index (κ2) is 5.25. The van der Waals surface area contributed by atoms with Crippen LogP contribution in [0.2, 0.25) is 0 Å². The lowest BCUT2D eigenvalue weighted by Gasteiger charge is -2.37. The third-order valence-electron chi connectivity index (χ3n) is 4.73. The van der Waals surface area contributed by atoms with Crippen molar-refractivity contribution in [1.82, 2.24) is 5.32 Å². The SMILES string of the molecule is C1CCC(CNC2CCOC3(CCOC3)C2)C1. The van der Waals surface area contributed by atoms with Crippen LogP contribution in [0.4, 0.5) is 0 Å². The van der Waals surface area contributed by atoms with Gasteiger partial charge >= 0.3 is 0 Å². The molecule has 2 atom stereocenters. The van der Waals surface area contributed by atoms with Gasteiger partial charge in [-0.05, 0) is 38.1 Å². The molecule has 1 aliphatic carbocycles. The van der Waals surface area contributed by atoms with Gasteiger partial charge in [-0.25, -0.2) is 0 Å². The van der Waals surface area contributed by atoms with Gasteiger partial charge in [-0.15, -0.1) is 0 Å². The molecule has 3 rings (SSSR count). The minimum atomic E-state index is 0.0611. The summed E-state index contributed by atoms with van der Waals surface area (Å²) in [6.07, 6.45) is 9.17. The molecule has 1 N–H and O–H groups in total. The Balaban J connectivity index is 1.46. The van der Waals surface area contributed by atoms with Crippen molar-refractivity contribution < 1.29 is 9.47 Å². The molecular weight excluding hydrogens is 214 g/mol. The van der Waals surface area contributed by atoms with Crippen LogP contribution in [0.5, 0.6) is 0 Å². The summed E-state index contributed by atoms with van der Waals surface area (Å²) in [6, 6.07) is 0.658. The normalized spacial score (nSPS) is 39.2. The summed E-state index contributed by atoms with van der Waals surface area (Å²) in [5.41, 5.74) is 0.0611. The predicted octanol–water partition coefficient (Wildman–Crippen LogP) is 2.10. The molecule has 2 unspecified atom stereocenters. The molecule has 1 saturated carbocycles. The Hall–Kier alpha value is -0.120. The third kappa shape index (κ3) is 2.83. The Bertz CT molecular complexity index is 245. The van der Waals surface area contributed by atoms with E-state index in [2.05, 4.69) is 5.32 Å². The summed E-state index contributed by atoms with van der Waals surface area (Å²) in [5, 5.41) is 3.78. The molecule has 17 heavy (non-hydrogen) atoms. The summed E-state index contributed by atoms with van der Waals surface area (Å²) in [7, 11) is 0. The maximum atomic E-state index is 5.96. The Morgan fingerprint density at radius 2 is 2.00 bits per heavy atom. The maximum absolute atomic E-state index is 5.96. The molecule has 2 saturated heterocycles. The van der Waals surface area contributed by atoms with E-state index in [1.54, 1.807) is 0 Å². The second-order valence-corrected chi connectivity index (χ2v) is 6.08. The molecule has 3 aliphatic rings. The van der Waals surface area contributed by atoms with E-state index in [1.807, 2.05) is 0 Å². The van der Waals surface area contributed by atoms with E-state index in [9.17, 15) is 0 Å². The van der Waals surface area contributed by atoms with Crippen LogP contribution in [0.1, 0.15) is 44.9 Å². The topological polar surface area (TPSA) is 30.5 Å². The van der Waals surface area contributed by atoms with Gasteiger partial charge in [-0.1, -0.05) is 12.8 Å². The highest BCUT2D eigenvalue weighted by Crippen LogP contribution is 2.33. The van der Waals surface area contributed by atoms with E-state index < -0.39 is 0 Å². The smallest absolute Gasteiger partial charge is 0.0951 e. The molecule has 0 aromatic heterocycles. The summed E-state index contributed by atoms with van der Waals surface area (Å²) in [6.45, 7) is 3.83. The fourth-order valence-electron chi connectivity index (χ4n) is 3.61. The fraction of sp³-hybridized carbons (Fsp3) is 1.00. The molecule has 0 bridgehead atoms. The van der Waals surface area contributed by atoms with Gasteiger partial charge in [0.2, 0.25) is 0 Å². The third-order valence-corrected chi connectivity index (χ3v) is 4.73. The average Bonchev–Trinajstić information content (AvgIpc) is 2.99. The van der Waals surface area contributed by atoms with Crippen LogP contribution in [-0.4, -0.2) is 38.0 Å². The summed E-state index contributed by atoms with van der Waals surface area (Å²) >= 11 is 0. The lowest BCUT2D eigenvalue weighted by molar-refractivity contribution is -0.0895. The van der Waals surface area contributed by atoms with Gasteiger partial charge in [0.05, 0.1) is 12.2 Å². The molecular formula is C14H25NO2. The molecule has 0 aromatic rings. The highest BCUT2D eigenvalue weighted by atomic mass is 16.6. The van der Waals surface area contributed by atoms with Crippen molar-refractivity contribution in [2.75, 3.05) is 26.4 Å². The Labute approximate surface area is 104 Å². The van der Waals surface area contributed by atoms with E-state index in [0.29, 0.717) is 6.04 Å². The molecule has 0 amide bonds.